The summed E-state index contributed by atoms with van der Waals surface area (Å²) in [6.07, 6.45) is 0. The van der Waals surface area contributed by atoms with Crippen molar-refractivity contribution in [2.75, 3.05) is 5.73 Å². The summed E-state index contributed by atoms with van der Waals surface area (Å²) in [5.74, 6) is 0. The Morgan fingerprint density at radius 1 is 0.419 bits per heavy atom. The molecule has 2 nitrogen and oxygen atoms in total. The lowest BCUT2D eigenvalue weighted by Crippen LogP contribution is -2.36. The number of nitrogen functional groups attached to an aromatic ring is 1. The lowest BCUT2D eigenvalue weighted by atomic mass is 9.98. The number of rotatable bonds is 4. The van der Waals surface area contributed by atoms with Gasteiger partial charge in [-0.15, -0.1) is 0 Å². The van der Waals surface area contributed by atoms with Gasteiger partial charge >= 0.3 is 0 Å². The van der Waals surface area contributed by atoms with Crippen LogP contribution in [-0.2, 0) is 0 Å². The first kappa shape index (κ1) is 18.8. The monoisotopic (exact) mass is 399 g/mol. The third-order valence-corrected chi connectivity index (χ3v) is 5.46. The third kappa shape index (κ3) is 3.84. The Morgan fingerprint density at radius 3 is 1.29 bits per heavy atom. The summed E-state index contributed by atoms with van der Waals surface area (Å²) in [5, 5.41) is 0. The van der Waals surface area contributed by atoms with Crippen LogP contribution in [0, 0.1) is 0 Å². The molecule has 0 bridgehead atoms. The van der Waals surface area contributed by atoms with Crippen molar-refractivity contribution >= 4 is 5.69 Å². The predicted octanol–water partition coefficient (Wildman–Crippen LogP) is 6.55. The summed E-state index contributed by atoms with van der Waals surface area (Å²) in [5.41, 5.74) is 14.8. The smallest absolute Gasteiger partial charge is 0.219 e. The van der Waals surface area contributed by atoms with Crippen LogP contribution in [0.5, 0.6) is 0 Å². The van der Waals surface area contributed by atoms with Crippen LogP contribution in [0.2, 0.25) is 0 Å². The molecule has 0 aliphatic carbocycles. The van der Waals surface area contributed by atoms with E-state index < -0.39 is 0 Å². The fraction of sp³-hybridized carbons (Fsp3) is 0. The Labute approximate surface area is 182 Å². The van der Waals surface area contributed by atoms with E-state index in [-0.39, 0.29) is 0 Å². The van der Waals surface area contributed by atoms with E-state index in [0.717, 1.165) is 33.9 Å². The highest BCUT2D eigenvalue weighted by atomic mass is 15.0. The summed E-state index contributed by atoms with van der Waals surface area (Å²) >= 11 is 0. The van der Waals surface area contributed by atoms with Crippen molar-refractivity contribution in [1.82, 2.24) is 0 Å². The SMILES string of the molecule is Nc1ccc(-[n+]2c(-c3ccccc3)cc(-c3ccccc3)cc2-c2ccccc2)cc1. The number of benzene rings is 4. The van der Waals surface area contributed by atoms with Crippen molar-refractivity contribution in [2.45, 2.75) is 0 Å². The summed E-state index contributed by atoms with van der Waals surface area (Å²) in [6, 6.07) is 44.2. The van der Waals surface area contributed by atoms with Gasteiger partial charge in [0.25, 0.3) is 0 Å². The number of nitrogens with two attached hydrogens (primary N) is 1. The molecule has 0 saturated heterocycles. The Bertz CT molecular complexity index is 1230. The number of aromatic nitrogens is 1. The van der Waals surface area contributed by atoms with Crippen LogP contribution in [0.15, 0.2) is 127 Å². The Hall–Kier alpha value is -4.17. The fourth-order valence-electron chi connectivity index (χ4n) is 3.94. The van der Waals surface area contributed by atoms with Crippen molar-refractivity contribution in [1.29, 1.82) is 0 Å². The molecule has 5 rings (SSSR count). The highest BCUT2D eigenvalue weighted by molar-refractivity contribution is 5.74. The first-order valence-corrected chi connectivity index (χ1v) is 10.4. The first-order valence-electron chi connectivity index (χ1n) is 10.4. The third-order valence-electron chi connectivity index (χ3n) is 5.46. The zero-order valence-corrected chi connectivity index (χ0v) is 17.1. The predicted molar refractivity (Wildman–Crippen MR) is 129 cm³/mol. The molecule has 0 fully saturated rings. The average molecular weight is 400 g/mol. The highest BCUT2D eigenvalue weighted by Crippen LogP contribution is 2.30. The van der Waals surface area contributed by atoms with Crippen LogP contribution < -0.4 is 10.3 Å². The highest BCUT2D eigenvalue weighted by Gasteiger charge is 2.24. The minimum Gasteiger partial charge on any atom is -0.399 e. The van der Waals surface area contributed by atoms with Gasteiger partial charge in [-0.3, -0.25) is 0 Å². The standard InChI is InChI=1S/C29H23N2/c30-26-16-18-27(19-17-26)31-28(23-12-6-2-7-13-23)20-25(22-10-4-1-5-11-22)21-29(31)24-14-8-3-9-15-24/h1-21H,30H2/q+1. The van der Waals surface area contributed by atoms with Gasteiger partial charge in [-0.25, -0.2) is 0 Å². The van der Waals surface area contributed by atoms with Gasteiger partial charge in [0.1, 0.15) is 0 Å². The molecule has 148 valence electrons. The normalized spacial score (nSPS) is 10.7. The second kappa shape index (κ2) is 8.29. The van der Waals surface area contributed by atoms with E-state index in [2.05, 4.69) is 120 Å². The Kier molecular flexibility index (Phi) is 5.04. The molecule has 5 aromatic rings. The van der Waals surface area contributed by atoms with Crippen molar-refractivity contribution in [3.05, 3.63) is 127 Å². The summed E-state index contributed by atoms with van der Waals surface area (Å²) in [7, 11) is 0. The maximum atomic E-state index is 5.99. The number of pyridine rings is 1. The lowest BCUT2D eigenvalue weighted by molar-refractivity contribution is -0.572. The molecule has 2 heteroatoms. The molecule has 0 unspecified atom stereocenters. The molecule has 2 N–H and O–H groups in total. The number of hydrogen-bond acceptors (Lipinski definition) is 1. The maximum Gasteiger partial charge on any atom is 0.219 e. The first-order chi connectivity index (χ1) is 15.3. The molecule has 0 radical (unpaired) electrons. The molecule has 0 saturated carbocycles. The van der Waals surface area contributed by atoms with Crippen molar-refractivity contribution in [3.8, 4) is 39.3 Å². The summed E-state index contributed by atoms with van der Waals surface area (Å²) < 4.78 is 2.32. The van der Waals surface area contributed by atoms with Gasteiger partial charge in [0.15, 0.2) is 0 Å². The second-order valence-corrected chi connectivity index (χ2v) is 7.54. The molecule has 0 aliphatic heterocycles. The van der Waals surface area contributed by atoms with E-state index >= 15 is 0 Å². The average Bonchev–Trinajstić information content (AvgIpc) is 2.85. The largest absolute Gasteiger partial charge is 0.399 e. The van der Waals surface area contributed by atoms with Gasteiger partial charge in [0.2, 0.25) is 17.1 Å². The van der Waals surface area contributed by atoms with Gasteiger partial charge in [-0.2, -0.15) is 4.57 Å². The zero-order valence-electron chi connectivity index (χ0n) is 17.1. The summed E-state index contributed by atoms with van der Waals surface area (Å²) in [6.45, 7) is 0. The second-order valence-electron chi connectivity index (χ2n) is 7.54. The Morgan fingerprint density at radius 2 is 0.839 bits per heavy atom. The van der Waals surface area contributed by atoms with Crippen LogP contribution in [0.4, 0.5) is 5.69 Å². The van der Waals surface area contributed by atoms with Gasteiger partial charge in [-0.1, -0.05) is 66.7 Å². The molecular weight excluding hydrogens is 376 g/mol. The van der Waals surface area contributed by atoms with E-state index in [1.54, 1.807) is 0 Å². The van der Waals surface area contributed by atoms with E-state index in [9.17, 15) is 0 Å². The number of hydrogen-bond donors (Lipinski definition) is 1. The maximum absolute atomic E-state index is 5.99. The van der Waals surface area contributed by atoms with E-state index in [0.29, 0.717) is 0 Å². The van der Waals surface area contributed by atoms with Crippen LogP contribution >= 0.6 is 0 Å². The van der Waals surface area contributed by atoms with Crippen LogP contribution in [0.25, 0.3) is 39.3 Å². The quantitative estimate of drug-likeness (QED) is 0.270. The molecule has 1 heterocycles. The Balaban J connectivity index is 1.87. The van der Waals surface area contributed by atoms with Gasteiger partial charge < -0.3 is 5.73 Å². The van der Waals surface area contributed by atoms with E-state index in [1.165, 1.54) is 11.1 Å². The van der Waals surface area contributed by atoms with E-state index in [1.807, 2.05) is 12.1 Å². The molecule has 1 aromatic heterocycles. The van der Waals surface area contributed by atoms with Crippen molar-refractivity contribution in [3.63, 3.8) is 0 Å². The lowest BCUT2D eigenvalue weighted by Gasteiger charge is -2.12. The van der Waals surface area contributed by atoms with Crippen LogP contribution in [0.3, 0.4) is 0 Å². The van der Waals surface area contributed by atoms with Gasteiger partial charge in [0.05, 0.1) is 0 Å². The fourth-order valence-corrected chi connectivity index (χ4v) is 3.94. The van der Waals surface area contributed by atoms with E-state index in [4.69, 9.17) is 5.73 Å². The molecule has 0 aliphatic rings. The molecule has 4 aromatic carbocycles. The van der Waals surface area contributed by atoms with Gasteiger partial charge in [-0.05, 0) is 47.5 Å². The van der Waals surface area contributed by atoms with Crippen LogP contribution in [-0.4, -0.2) is 0 Å². The minimum atomic E-state index is 0.757. The van der Waals surface area contributed by atoms with Crippen molar-refractivity contribution in [2.24, 2.45) is 0 Å². The molecule has 0 atom stereocenters. The van der Waals surface area contributed by atoms with Crippen LogP contribution in [0.1, 0.15) is 0 Å². The molecule has 0 amide bonds. The molecule has 0 spiro atoms. The zero-order chi connectivity index (χ0) is 21.0. The van der Waals surface area contributed by atoms with Gasteiger partial charge in [0, 0.05) is 41.1 Å². The topological polar surface area (TPSA) is 29.9 Å². The summed E-state index contributed by atoms with van der Waals surface area (Å²) in [4.78, 5) is 0. The van der Waals surface area contributed by atoms with Crippen molar-refractivity contribution < 1.29 is 4.57 Å². The molecule has 31 heavy (non-hydrogen) atoms. The molecular formula is C29H23N2+. The number of nitrogens with zero attached hydrogens (tertiary/aromatic N) is 1. The minimum absolute atomic E-state index is 0.757. The number of anilines is 1.